The van der Waals surface area contributed by atoms with E-state index in [0.717, 1.165) is 17.7 Å². The van der Waals surface area contributed by atoms with E-state index in [9.17, 15) is 14.4 Å². The van der Waals surface area contributed by atoms with Gasteiger partial charge in [0.2, 0.25) is 11.8 Å². The van der Waals surface area contributed by atoms with Crippen molar-refractivity contribution >= 4 is 29.2 Å². The molecule has 1 aliphatic carbocycles. The smallest absolute Gasteiger partial charge is 0.337 e. The third kappa shape index (κ3) is 2.97. The van der Waals surface area contributed by atoms with Crippen molar-refractivity contribution in [1.29, 1.82) is 0 Å². The van der Waals surface area contributed by atoms with Crippen molar-refractivity contribution < 1.29 is 19.1 Å². The maximum atomic E-state index is 13.1. The van der Waals surface area contributed by atoms with Gasteiger partial charge in [-0.25, -0.2) is 4.79 Å². The van der Waals surface area contributed by atoms with Crippen molar-refractivity contribution in [1.82, 2.24) is 0 Å². The molecular weight excluding hydrogens is 344 g/mol. The fourth-order valence-corrected chi connectivity index (χ4v) is 3.56. The molecule has 2 aromatic rings. The van der Waals surface area contributed by atoms with Gasteiger partial charge in [-0.3, -0.25) is 9.59 Å². The van der Waals surface area contributed by atoms with Crippen LogP contribution in [-0.4, -0.2) is 31.4 Å². The summed E-state index contributed by atoms with van der Waals surface area (Å²) < 4.78 is 4.70. The van der Waals surface area contributed by atoms with Gasteiger partial charge in [0, 0.05) is 17.9 Å². The highest BCUT2D eigenvalue weighted by molar-refractivity contribution is 6.18. The van der Waals surface area contributed by atoms with Gasteiger partial charge in [0.05, 0.1) is 12.7 Å². The van der Waals surface area contributed by atoms with Gasteiger partial charge in [-0.2, -0.15) is 0 Å². The predicted molar refractivity (Wildman–Crippen MR) is 101 cm³/mol. The summed E-state index contributed by atoms with van der Waals surface area (Å²) in [6.45, 7) is 0.602. The fourth-order valence-electron chi connectivity index (χ4n) is 3.56. The minimum Gasteiger partial charge on any atom is -0.465 e. The van der Waals surface area contributed by atoms with Crippen LogP contribution in [0.15, 0.2) is 48.5 Å². The molecule has 0 radical (unpaired) electrons. The molecule has 6 nitrogen and oxygen atoms in total. The summed E-state index contributed by atoms with van der Waals surface area (Å²) in [4.78, 5) is 39.4. The molecule has 0 bridgehead atoms. The summed E-state index contributed by atoms with van der Waals surface area (Å²) in [5.74, 6) is -0.940. The quantitative estimate of drug-likeness (QED) is 0.669. The molecule has 6 heteroatoms. The van der Waals surface area contributed by atoms with Crippen LogP contribution in [0.4, 0.5) is 11.4 Å². The number of anilines is 2. The summed E-state index contributed by atoms with van der Waals surface area (Å²) >= 11 is 0. The van der Waals surface area contributed by atoms with Crippen LogP contribution in [0.2, 0.25) is 0 Å². The SMILES string of the molecule is COC(=O)c1cccc(NC(=O)C2(C(=O)N3CCc4ccccc43)CC2)c1. The lowest BCUT2D eigenvalue weighted by Crippen LogP contribution is -2.42. The monoisotopic (exact) mass is 364 g/mol. The molecule has 1 fully saturated rings. The number of amides is 2. The van der Waals surface area contributed by atoms with Crippen molar-refractivity contribution in [3.63, 3.8) is 0 Å². The van der Waals surface area contributed by atoms with E-state index in [1.807, 2.05) is 24.3 Å². The number of benzene rings is 2. The molecule has 0 aromatic heterocycles. The zero-order chi connectivity index (χ0) is 19.0. The number of carbonyl (C=O) groups excluding carboxylic acids is 3. The van der Waals surface area contributed by atoms with Crippen LogP contribution in [0.25, 0.3) is 0 Å². The van der Waals surface area contributed by atoms with E-state index in [1.165, 1.54) is 7.11 Å². The third-order valence-electron chi connectivity index (χ3n) is 5.27. The number of esters is 1. The molecule has 1 aliphatic heterocycles. The predicted octanol–water partition coefficient (Wildman–Crippen LogP) is 2.78. The molecule has 1 N–H and O–H groups in total. The van der Waals surface area contributed by atoms with E-state index in [-0.39, 0.29) is 11.8 Å². The molecule has 0 unspecified atom stereocenters. The Kier molecular flexibility index (Phi) is 4.18. The zero-order valence-electron chi connectivity index (χ0n) is 15.0. The molecule has 1 saturated carbocycles. The molecule has 0 saturated heterocycles. The van der Waals surface area contributed by atoms with Crippen LogP contribution >= 0.6 is 0 Å². The summed E-state index contributed by atoms with van der Waals surface area (Å²) in [5, 5.41) is 2.80. The van der Waals surface area contributed by atoms with E-state index in [0.29, 0.717) is 30.6 Å². The minimum atomic E-state index is -1.02. The molecule has 2 amide bonds. The Balaban J connectivity index is 1.52. The average molecular weight is 364 g/mol. The summed E-state index contributed by atoms with van der Waals surface area (Å²) in [6, 6.07) is 14.3. The molecule has 2 aliphatic rings. The summed E-state index contributed by atoms with van der Waals surface area (Å²) in [5.41, 5.74) is 1.84. The second-order valence-corrected chi connectivity index (χ2v) is 6.94. The summed E-state index contributed by atoms with van der Waals surface area (Å²) in [6.07, 6.45) is 1.88. The van der Waals surface area contributed by atoms with E-state index in [1.54, 1.807) is 29.2 Å². The Morgan fingerprint density at radius 3 is 2.59 bits per heavy atom. The number of hydrogen-bond acceptors (Lipinski definition) is 4. The molecule has 2 aromatic carbocycles. The van der Waals surface area contributed by atoms with E-state index in [2.05, 4.69) is 5.32 Å². The highest BCUT2D eigenvalue weighted by Gasteiger charge is 2.58. The number of rotatable bonds is 4. The van der Waals surface area contributed by atoms with E-state index < -0.39 is 11.4 Å². The van der Waals surface area contributed by atoms with Crippen LogP contribution in [0, 0.1) is 5.41 Å². The first-order valence-electron chi connectivity index (χ1n) is 8.95. The van der Waals surface area contributed by atoms with Crippen LogP contribution < -0.4 is 10.2 Å². The second kappa shape index (κ2) is 6.54. The standard InChI is InChI=1S/C21H20N2O4/c1-27-18(24)15-6-4-7-16(13-15)22-19(25)21(10-11-21)20(26)23-12-9-14-5-2-3-8-17(14)23/h2-8,13H,9-12H2,1H3,(H,22,25). The van der Waals surface area contributed by atoms with Gasteiger partial charge in [0.15, 0.2) is 0 Å². The number of para-hydroxylation sites is 1. The van der Waals surface area contributed by atoms with Crippen molar-refractivity contribution in [2.75, 3.05) is 23.9 Å². The van der Waals surface area contributed by atoms with Gasteiger partial charge in [-0.1, -0.05) is 24.3 Å². The largest absolute Gasteiger partial charge is 0.465 e. The van der Waals surface area contributed by atoms with E-state index in [4.69, 9.17) is 4.74 Å². The number of fused-ring (bicyclic) bond motifs is 1. The first-order valence-corrected chi connectivity index (χ1v) is 8.95. The maximum Gasteiger partial charge on any atom is 0.337 e. The van der Waals surface area contributed by atoms with Crippen molar-refractivity contribution in [2.24, 2.45) is 5.41 Å². The lowest BCUT2D eigenvalue weighted by atomic mass is 10.0. The number of carbonyl (C=O) groups is 3. The third-order valence-corrected chi connectivity index (χ3v) is 5.27. The van der Waals surface area contributed by atoms with Gasteiger partial charge in [0.1, 0.15) is 5.41 Å². The number of hydrogen-bond donors (Lipinski definition) is 1. The Morgan fingerprint density at radius 2 is 1.85 bits per heavy atom. The molecule has 27 heavy (non-hydrogen) atoms. The van der Waals surface area contributed by atoms with Crippen LogP contribution in [0.3, 0.4) is 0 Å². The molecule has 138 valence electrons. The maximum absolute atomic E-state index is 13.1. The first kappa shape index (κ1) is 17.3. The normalized spacial score (nSPS) is 16.4. The Morgan fingerprint density at radius 1 is 1.07 bits per heavy atom. The zero-order valence-corrected chi connectivity index (χ0v) is 15.0. The minimum absolute atomic E-state index is 0.144. The highest BCUT2D eigenvalue weighted by atomic mass is 16.5. The number of nitrogens with one attached hydrogen (secondary N) is 1. The average Bonchev–Trinajstić information content (AvgIpc) is 3.40. The molecule has 0 spiro atoms. The second-order valence-electron chi connectivity index (χ2n) is 6.94. The molecule has 4 rings (SSSR count). The van der Waals surface area contributed by atoms with Gasteiger partial charge in [-0.15, -0.1) is 0 Å². The van der Waals surface area contributed by atoms with Crippen LogP contribution in [0.5, 0.6) is 0 Å². The number of ether oxygens (including phenoxy) is 1. The Labute approximate surface area is 157 Å². The van der Waals surface area contributed by atoms with Crippen LogP contribution in [0.1, 0.15) is 28.8 Å². The molecule has 0 atom stereocenters. The van der Waals surface area contributed by atoms with Crippen molar-refractivity contribution in [2.45, 2.75) is 19.3 Å². The van der Waals surface area contributed by atoms with Gasteiger partial charge >= 0.3 is 5.97 Å². The Hall–Kier alpha value is -3.15. The first-order chi connectivity index (χ1) is 13.0. The number of nitrogens with zero attached hydrogens (tertiary/aromatic N) is 1. The lowest BCUT2D eigenvalue weighted by molar-refractivity contribution is -0.132. The van der Waals surface area contributed by atoms with Crippen molar-refractivity contribution in [3.05, 3.63) is 59.7 Å². The highest BCUT2D eigenvalue weighted by Crippen LogP contribution is 2.49. The number of methoxy groups -OCH3 is 1. The molecular formula is C21H20N2O4. The fraction of sp³-hybridized carbons (Fsp3) is 0.286. The topological polar surface area (TPSA) is 75.7 Å². The lowest BCUT2D eigenvalue weighted by Gasteiger charge is -2.23. The van der Waals surface area contributed by atoms with Crippen LogP contribution in [-0.2, 0) is 20.7 Å². The van der Waals surface area contributed by atoms with E-state index >= 15 is 0 Å². The van der Waals surface area contributed by atoms with Gasteiger partial charge in [0.25, 0.3) is 0 Å². The summed E-state index contributed by atoms with van der Waals surface area (Å²) in [7, 11) is 1.30. The Bertz CT molecular complexity index is 933. The van der Waals surface area contributed by atoms with Crippen molar-refractivity contribution in [3.8, 4) is 0 Å². The van der Waals surface area contributed by atoms with Gasteiger partial charge in [-0.05, 0) is 49.1 Å². The van der Waals surface area contributed by atoms with Gasteiger partial charge < -0.3 is 15.0 Å². The molecule has 1 heterocycles.